The van der Waals surface area contributed by atoms with Crippen molar-refractivity contribution >= 4 is 51.3 Å². The highest BCUT2D eigenvalue weighted by Gasteiger charge is 2.26. The van der Waals surface area contributed by atoms with Gasteiger partial charge in [-0.3, -0.25) is 10.2 Å². The monoisotopic (exact) mass is 400 g/mol. The largest absolute Gasteiger partial charge is 0.303 e. The first-order valence-corrected chi connectivity index (χ1v) is 10.8. The fourth-order valence-electron chi connectivity index (χ4n) is 3.02. The van der Waals surface area contributed by atoms with Gasteiger partial charge in [0.15, 0.2) is 5.17 Å². The average molecular weight is 401 g/mol. The molecule has 2 heterocycles. The Bertz CT molecular complexity index is 876. The Morgan fingerprint density at radius 1 is 1.22 bits per heavy atom. The maximum Gasteiger partial charge on any atom is 0.239 e. The van der Waals surface area contributed by atoms with Crippen molar-refractivity contribution in [3.05, 3.63) is 35.4 Å². The van der Waals surface area contributed by atoms with E-state index < -0.39 is 0 Å². The molecule has 1 fully saturated rings. The number of amides is 1. The van der Waals surface area contributed by atoms with Gasteiger partial charge in [-0.05, 0) is 38.2 Å². The van der Waals surface area contributed by atoms with Crippen LogP contribution >= 0.6 is 23.5 Å². The molecule has 3 aliphatic rings. The number of benzene rings is 1. The summed E-state index contributed by atoms with van der Waals surface area (Å²) in [6.07, 6.45) is 4.35. The molecule has 27 heavy (non-hydrogen) atoms. The molecule has 1 aromatic rings. The molecule has 140 valence electrons. The van der Waals surface area contributed by atoms with E-state index in [9.17, 15) is 4.79 Å². The second kappa shape index (κ2) is 8.26. The van der Waals surface area contributed by atoms with E-state index in [2.05, 4.69) is 55.3 Å². The van der Waals surface area contributed by atoms with Crippen LogP contribution in [0.25, 0.3) is 0 Å². The van der Waals surface area contributed by atoms with Crippen LogP contribution in [0, 0.1) is 0 Å². The summed E-state index contributed by atoms with van der Waals surface area (Å²) >= 11 is 2.92. The van der Waals surface area contributed by atoms with Crippen LogP contribution in [0.15, 0.2) is 44.6 Å². The zero-order chi connectivity index (χ0) is 18.6. The Kier molecular flexibility index (Phi) is 5.58. The number of nitrogens with zero attached hydrogens (tertiary/aromatic N) is 4. The summed E-state index contributed by atoms with van der Waals surface area (Å²) in [5.41, 5.74) is 6.50. The van der Waals surface area contributed by atoms with E-state index in [0.717, 1.165) is 25.0 Å². The molecular formula is C18H20N6OS2. The van der Waals surface area contributed by atoms with Gasteiger partial charge in [0.05, 0.1) is 16.7 Å². The third kappa shape index (κ3) is 4.41. The fraction of sp³-hybridized carbons (Fsp3) is 0.389. The standard InChI is InChI=1S/C18H20N6OS2/c1-11-16(25)20-18(27-11)24-22-15-10-26-17(19-15)23-21-14-9-5-3-7-12-6-2-4-8-13(12)14/h2,4,6,8,11H,3,5,7,9-10H2,1H3,(H,19,22,23)(H,20,24,25)/b21-14+. The highest BCUT2D eigenvalue weighted by molar-refractivity contribution is 8.15. The number of carbonyl (C=O) groups is 1. The van der Waals surface area contributed by atoms with Crippen molar-refractivity contribution in [3.8, 4) is 0 Å². The maximum absolute atomic E-state index is 11.5. The molecule has 7 nitrogen and oxygen atoms in total. The van der Waals surface area contributed by atoms with Gasteiger partial charge < -0.3 is 5.32 Å². The summed E-state index contributed by atoms with van der Waals surface area (Å²) in [7, 11) is 0. The van der Waals surface area contributed by atoms with E-state index in [1.807, 2.05) is 6.92 Å². The van der Waals surface area contributed by atoms with Crippen LogP contribution in [0.2, 0.25) is 0 Å². The van der Waals surface area contributed by atoms with Gasteiger partial charge in [-0.2, -0.15) is 5.10 Å². The van der Waals surface area contributed by atoms with Gasteiger partial charge in [-0.1, -0.05) is 47.8 Å². The normalized spacial score (nSPS) is 26.9. The van der Waals surface area contributed by atoms with Gasteiger partial charge in [0.25, 0.3) is 0 Å². The second-order valence-corrected chi connectivity index (χ2v) is 8.69. The smallest absolute Gasteiger partial charge is 0.239 e. The van der Waals surface area contributed by atoms with Crippen molar-refractivity contribution in [2.75, 3.05) is 5.75 Å². The Hall–Kier alpha value is -2.13. The number of thioether (sulfide) groups is 2. The molecule has 0 aromatic heterocycles. The fourth-order valence-corrected chi connectivity index (χ4v) is 4.44. The lowest BCUT2D eigenvalue weighted by Crippen LogP contribution is -2.26. The third-order valence-corrected chi connectivity index (χ3v) is 6.27. The molecule has 4 rings (SSSR count). The van der Waals surface area contributed by atoms with E-state index in [4.69, 9.17) is 0 Å². The second-order valence-electron chi connectivity index (χ2n) is 6.42. The van der Waals surface area contributed by atoms with Gasteiger partial charge in [-0.15, -0.1) is 10.2 Å². The van der Waals surface area contributed by atoms with E-state index in [1.54, 1.807) is 0 Å². The van der Waals surface area contributed by atoms with Crippen molar-refractivity contribution in [3.63, 3.8) is 0 Å². The Morgan fingerprint density at radius 3 is 2.93 bits per heavy atom. The van der Waals surface area contributed by atoms with Crippen LogP contribution in [0.3, 0.4) is 0 Å². The molecule has 1 saturated heterocycles. The zero-order valence-electron chi connectivity index (χ0n) is 14.9. The molecule has 1 aromatic carbocycles. The molecule has 2 N–H and O–H groups in total. The lowest BCUT2D eigenvalue weighted by atomic mass is 10.0. The predicted octanol–water partition coefficient (Wildman–Crippen LogP) is 2.73. The first-order valence-electron chi connectivity index (χ1n) is 8.93. The van der Waals surface area contributed by atoms with Crippen LogP contribution in [0.5, 0.6) is 0 Å². The molecule has 1 aliphatic carbocycles. The maximum atomic E-state index is 11.5. The number of aliphatic imine (C=N–C) groups is 1. The molecular weight excluding hydrogens is 380 g/mol. The van der Waals surface area contributed by atoms with E-state index >= 15 is 0 Å². The van der Waals surface area contributed by atoms with Gasteiger partial charge in [0.2, 0.25) is 11.1 Å². The molecule has 0 saturated carbocycles. The number of carbonyl (C=O) groups excluding carboxylic acids is 1. The molecule has 0 spiro atoms. The van der Waals surface area contributed by atoms with Gasteiger partial charge in [0.1, 0.15) is 5.84 Å². The Balaban J connectivity index is 1.45. The number of hydrogen-bond acceptors (Lipinski definition) is 7. The number of hydrazone groups is 1. The SMILES string of the molecule is CC1S/C(=N/NC2=N/C(=N/N=C3\CCCCc4ccccc43)SC2)NC1=O. The number of hydrogen-bond donors (Lipinski definition) is 2. The molecule has 9 heteroatoms. The molecule has 1 amide bonds. The minimum Gasteiger partial charge on any atom is -0.303 e. The Labute approximate surface area is 166 Å². The first-order chi connectivity index (χ1) is 13.2. The van der Waals surface area contributed by atoms with E-state index in [1.165, 1.54) is 41.1 Å². The summed E-state index contributed by atoms with van der Waals surface area (Å²) in [6.45, 7) is 1.85. The molecule has 2 aliphatic heterocycles. The minimum absolute atomic E-state index is 0.0231. The van der Waals surface area contributed by atoms with Crippen molar-refractivity contribution in [2.45, 2.75) is 37.9 Å². The van der Waals surface area contributed by atoms with Crippen LogP contribution < -0.4 is 10.7 Å². The predicted molar refractivity (Wildman–Crippen MR) is 114 cm³/mol. The summed E-state index contributed by atoms with van der Waals surface area (Å²) in [5.74, 6) is 1.35. The van der Waals surface area contributed by atoms with E-state index in [0.29, 0.717) is 21.9 Å². The van der Waals surface area contributed by atoms with Gasteiger partial charge in [0, 0.05) is 5.56 Å². The third-order valence-electron chi connectivity index (χ3n) is 4.44. The van der Waals surface area contributed by atoms with Gasteiger partial charge in [-0.25, -0.2) is 4.99 Å². The van der Waals surface area contributed by atoms with Crippen LogP contribution in [-0.2, 0) is 11.2 Å². The molecule has 1 atom stereocenters. The van der Waals surface area contributed by atoms with Crippen LogP contribution in [0.4, 0.5) is 0 Å². The quantitative estimate of drug-likeness (QED) is 0.590. The number of rotatable bonds is 2. The van der Waals surface area contributed by atoms with Crippen molar-refractivity contribution in [1.29, 1.82) is 0 Å². The molecule has 1 unspecified atom stereocenters. The highest BCUT2D eigenvalue weighted by Crippen LogP contribution is 2.22. The van der Waals surface area contributed by atoms with Crippen LogP contribution in [0.1, 0.15) is 37.3 Å². The lowest BCUT2D eigenvalue weighted by Gasteiger charge is -2.05. The molecule has 0 bridgehead atoms. The van der Waals surface area contributed by atoms with Crippen molar-refractivity contribution in [1.82, 2.24) is 10.7 Å². The number of nitrogens with one attached hydrogen (secondary N) is 2. The number of aryl methyl sites for hydroxylation is 1. The lowest BCUT2D eigenvalue weighted by molar-refractivity contribution is -0.118. The minimum atomic E-state index is -0.110. The average Bonchev–Trinajstić information content (AvgIpc) is 3.19. The molecule has 0 radical (unpaired) electrons. The Morgan fingerprint density at radius 2 is 2.07 bits per heavy atom. The number of amidine groups is 3. The summed E-state index contributed by atoms with van der Waals surface area (Å²) in [4.78, 5) is 15.9. The summed E-state index contributed by atoms with van der Waals surface area (Å²) in [6, 6.07) is 8.43. The van der Waals surface area contributed by atoms with Crippen molar-refractivity contribution < 1.29 is 4.79 Å². The topological polar surface area (TPSA) is 90.6 Å². The summed E-state index contributed by atoms with van der Waals surface area (Å²) in [5, 5.41) is 16.9. The first kappa shape index (κ1) is 18.2. The van der Waals surface area contributed by atoms with Crippen molar-refractivity contribution in [2.24, 2.45) is 20.3 Å². The highest BCUT2D eigenvalue weighted by atomic mass is 32.2. The van der Waals surface area contributed by atoms with Gasteiger partial charge >= 0.3 is 0 Å². The van der Waals surface area contributed by atoms with E-state index in [-0.39, 0.29) is 11.2 Å². The van der Waals surface area contributed by atoms with Crippen LogP contribution in [-0.4, -0.2) is 38.8 Å². The summed E-state index contributed by atoms with van der Waals surface area (Å²) < 4.78 is 0. The zero-order valence-corrected chi connectivity index (χ0v) is 16.6. The number of fused-ring (bicyclic) bond motifs is 1.